The lowest BCUT2D eigenvalue weighted by atomic mass is 10.0. The number of aromatic nitrogens is 1. The molecule has 0 radical (unpaired) electrons. The zero-order valence-corrected chi connectivity index (χ0v) is 19.8. The van der Waals surface area contributed by atoms with Crippen LogP contribution in [-0.4, -0.2) is 36.6 Å². The normalized spacial score (nSPS) is 12.7. The Labute approximate surface area is 207 Å². The maximum atomic E-state index is 14.3. The lowest BCUT2D eigenvalue weighted by molar-refractivity contribution is -0.121. The summed E-state index contributed by atoms with van der Waals surface area (Å²) in [4.78, 5) is 26.0. The van der Waals surface area contributed by atoms with Crippen molar-refractivity contribution in [2.75, 3.05) is 20.3 Å². The van der Waals surface area contributed by atoms with Gasteiger partial charge in [0.15, 0.2) is 17.3 Å². The number of amides is 1. The smallest absolute Gasteiger partial charge is 0.240 e. The molecule has 8 heteroatoms. The number of carbonyl (C=O) groups excluding carboxylic acids is 2. The molecule has 1 N–H and O–H groups in total. The molecule has 4 aromatic rings. The van der Waals surface area contributed by atoms with Gasteiger partial charge >= 0.3 is 0 Å². The van der Waals surface area contributed by atoms with Crippen LogP contribution in [0, 0.1) is 5.82 Å². The van der Waals surface area contributed by atoms with E-state index in [9.17, 15) is 14.0 Å². The number of halogens is 1. The molecule has 1 amide bonds. The summed E-state index contributed by atoms with van der Waals surface area (Å²) in [6, 6.07) is 16.7. The zero-order valence-electron chi connectivity index (χ0n) is 19.8. The predicted molar refractivity (Wildman–Crippen MR) is 132 cm³/mol. The first-order valence-electron chi connectivity index (χ1n) is 11.7. The second-order valence-corrected chi connectivity index (χ2v) is 8.43. The summed E-state index contributed by atoms with van der Waals surface area (Å²) in [7, 11) is 1.56. The van der Waals surface area contributed by atoms with Gasteiger partial charge < -0.3 is 24.1 Å². The number of hydrogen-bond donors (Lipinski definition) is 1. The Morgan fingerprint density at radius 1 is 1.00 bits per heavy atom. The Balaban J connectivity index is 1.36. The number of rotatable bonds is 7. The molecule has 0 fully saturated rings. The Morgan fingerprint density at radius 2 is 1.72 bits per heavy atom. The van der Waals surface area contributed by atoms with Crippen molar-refractivity contribution in [1.82, 2.24) is 9.88 Å². The van der Waals surface area contributed by atoms with E-state index < -0.39 is 11.6 Å². The number of fused-ring (bicyclic) bond motifs is 2. The van der Waals surface area contributed by atoms with Crippen LogP contribution in [0.2, 0.25) is 0 Å². The second kappa shape index (κ2) is 10.1. The molecule has 0 aliphatic carbocycles. The summed E-state index contributed by atoms with van der Waals surface area (Å²) in [6.45, 7) is 1.33. The van der Waals surface area contributed by atoms with Crippen molar-refractivity contribution >= 4 is 22.6 Å². The molecule has 0 atom stereocenters. The maximum Gasteiger partial charge on any atom is 0.240 e. The average Bonchev–Trinajstić information content (AvgIpc) is 3.09. The van der Waals surface area contributed by atoms with Gasteiger partial charge in [0.25, 0.3) is 0 Å². The first-order valence-corrected chi connectivity index (χ1v) is 11.7. The zero-order chi connectivity index (χ0) is 25.1. The van der Waals surface area contributed by atoms with Gasteiger partial charge in [-0.05, 0) is 24.3 Å². The van der Waals surface area contributed by atoms with Crippen molar-refractivity contribution in [2.45, 2.75) is 19.5 Å². The van der Waals surface area contributed by atoms with E-state index in [0.717, 1.165) is 12.0 Å². The fraction of sp³-hybridized carbons (Fsp3) is 0.214. The highest BCUT2D eigenvalue weighted by Gasteiger charge is 2.20. The van der Waals surface area contributed by atoms with Gasteiger partial charge in [-0.15, -0.1) is 0 Å². The van der Waals surface area contributed by atoms with Crippen LogP contribution in [0.3, 0.4) is 0 Å². The van der Waals surface area contributed by atoms with Crippen LogP contribution in [0.25, 0.3) is 10.9 Å². The van der Waals surface area contributed by atoms with Crippen molar-refractivity contribution in [3.63, 3.8) is 0 Å². The number of para-hydroxylation sites is 1. The summed E-state index contributed by atoms with van der Waals surface area (Å²) in [6.07, 6.45) is 2.39. The Hall–Kier alpha value is -4.33. The second-order valence-electron chi connectivity index (χ2n) is 8.43. The van der Waals surface area contributed by atoms with Gasteiger partial charge in [0, 0.05) is 47.3 Å². The molecule has 0 saturated heterocycles. The third kappa shape index (κ3) is 4.62. The van der Waals surface area contributed by atoms with Crippen molar-refractivity contribution in [3.8, 4) is 17.2 Å². The van der Waals surface area contributed by atoms with Crippen molar-refractivity contribution < 1.29 is 28.2 Å². The first kappa shape index (κ1) is 23.4. The van der Waals surface area contributed by atoms with E-state index in [0.29, 0.717) is 46.9 Å². The van der Waals surface area contributed by atoms with E-state index in [1.165, 1.54) is 18.2 Å². The highest BCUT2D eigenvalue weighted by atomic mass is 19.1. The van der Waals surface area contributed by atoms with E-state index in [4.69, 9.17) is 14.2 Å². The number of methoxy groups -OCH3 is 1. The van der Waals surface area contributed by atoms with Gasteiger partial charge in [0.2, 0.25) is 5.91 Å². The molecular weight excluding hydrogens is 463 g/mol. The summed E-state index contributed by atoms with van der Waals surface area (Å²) >= 11 is 0. The molecule has 0 unspecified atom stereocenters. The topological polar surface area (TPSA) is 78.8 Å². The molecule has 3 aromatic carbocycles. The number of hydrogen-bond acceptors (Lipinski definition) is 5. The van der Waals surface area contributed by atoms with E-state index in [1.807, 2.05) is 18.2 Å². The highest BCUT2D eigenvalue weighted by Crippen LogP contribution is 2.36. The largest absolute Gasteiger partial charge is 0.496 e. The van der Waals surface area contributed by atoms with E-state index in [-0.39, 0.29) is 24.6 Å². The Bertz CT molecular complexity index is 1450. The highest BCUT2D eigenvalue weighted by molar-refractivity contribution is 6.16. The van der Waals surface area contributed by atoms with Crippen molar-refractivity contribution in [2.24, 2.45) is 0 Å². The monoisotopic (exact) mass is 488 g/mol. The van der Waals surface area contributed by atoms with Crippen LogP contribution in [0.5, 0.6) is 17.2 Å². The third-order valence-corrected chi connectivity index (χ3v) is 6.09. The Kier molecular flexibility index (Phi) is 6.58. The molecule has 1 aliphatic rings. The molecular formula is C28H25FN2O5. The summed E-state index contributed by atoms with van der Waals surface area (Å²) < 4.78 is 32.9. The van der Waals surface area contributed by atoms with Crippen LogP contribution >= 0.6 is 0 Å². The van der Waals surface area contributed by atoms with E-state index in [2.05, 4.69) is 5.32 Å². The maximum absolute atomic E-state index is 14.3. The van der Waals surface area contributed by atoms with Gasteiger partial charge in [-0.3, -0.25) is 9.59 Å². The molecule has 2 heterocycles. The predicted octanol–water partition coefficient (Wildman–Crippen LogP) is 4.50. The first-order chi connectivity index (χ1) is 17.5. The molecule has 184 valence electrons. The average molecular weight is 489 g/mol. The molecule has 0 saturated carbocycles. The standard InChI is InChI=1S/C28H25FN2O5/c1-34-24-14-26-25(35-11-6-12-36-26)13-18(24)15-30-27(32)17-31-16-21(19-7-3-5-10-23(19)31)28(33)20-8-2-4-9-22(20)29/h2-5,7-10,13-14,16H,6,11-12,15,17H2,1H3,(H,30,32). The number of ether oxygens (including phenoxy) is 3. The molecule has 0 bridgehead atoms. The van der Waals surface area contributed by atoms with Crippen molar-refractivity contribution in [3.05, 3.63) is 89.4 Å². The summed E-state index contributed by atoms with van der Waals surface area (Å²) in [5, 5.41) is 3.56. The van der Waals surface area contributed by atoms with Crippen LogP contribution in [-0.2, 0) is 17.9 Å². The molecule has 36 heavy (non-hydrogen) atoms. The van der Waals surface area contributed by atoms with Crippen LogP contribution in [0.1, 0.15) is 27.9 Å². The molecule has 0 spiro atoms. The quantitative estimate of drug-likeness (QED) is 0.388. The van der Waals surface area contributed by atoms with E-state index >= 15 is 0 Å². The third-order valence-electron chi connectivity index (χ3n) is 6.09. The van der Waals surface area contributed by atoms with Crippen LogP contribution in [0.4, 0.5) is 4.39 Å². The lowest BCUT2D eigenvalue weighted by Gasteiger charge is -2.14. The molecule has 1 aliphatic heterocycles. The summed E-state index contributed by atoms with van der Waals surface area (Å²) in [5.41, 5.74) is 1.79. The SMILES string of the molecule is COc1cc2c(cc1CNC(=O)Cn1cc(C(=O)c3ccccc3F)c3ccccc31)OCCCO2. The fourth-order valence-electron chi connectivity index (χ4n) is 4.31. The van der Waals surface area contributed by atoms with Gasteiger partial charge in [-0.1, -0.05) is 30.3 Å². The van der Waals surface area contributed by atoms with Gasteiger partial charge in [-0.2, -0.15) is 0 Å². The molecule has 5 rings (SSSR count). The van der Waals surface area contributed by atoms with Crippen molar-refractivity contribution in [1.29, 1.82) is 0 Å². The number of benzene rings is 3. The number of ketones is 1. The molecule has 1 aromatic heterocycles. The minimum absolute atomic E-state index is 0.00800. The number of carbonyl (C=O) groups is 2. The lowest BCUT2D eigenvalue weighted by Crippen LogP contribution is -2.27. The van der Waals surface area contributed by atoms with Gasteiger partial charge in [-0.25, -0.2) is 4.39 Å². The Morgan fingerprint density at radius 3 is 2.50 bits per heavy atom. The number of nitrogens with zero attached hydrogens (tertiary/aromatic N) is 1. The van der Waals surface area contributed by atoms with Crippen LogP contribution in [0.15, 0.2) is 66.9 Å². The molecule has 7 nitrogen and oxygen atoms in total. The minimum Gasteiger partial charge on any atom is -0.496 e. The minimum atomic E-state index is -0.582. The van der Waals surface area contributed by atoms with Crippen LogP contribution < -0.4 is 19.5 Å². The van der Waals surface area contributed by atoms with Gasteiger partial charge in [0.05, 0.1) is 25.9 Å². The van der Waals surface area contributed by atoms with Gasteiger partial charge in [0.1, 0.15) is 18.1 Å². The number of nitrogens with one attached hydrogen (secondary N) is 1. The fourth-order valence-corrected chi connectivity index (χ4v) is 4.31. The van der Waals surface area contributed by atoms with E-state index in [1.54, 1.807) is 42.1 Å². The summed E-state index contributed by atoms with van der Waals surface area (Å²) in [5.74, 6) is 0.552.